The standard InChI is InChI=1S/C12H14ClNO2/c1-8-7-10(13)3-4-11(8)16-9(2)12-14-5-6-15-12/h3-4,7,9H,5-6H2,1-2H3. The first-order valence-electron chi connectivity index (χ1n) is 5.27. The van der Waals surface area contributed by atoms with Crippen molar-refractivity contribution >= 4 is 17.5 Å². The molecule has 1 atom stereocenters. The van der Waals surface area contributed by atoms with Crippen LogP contribution in [0.2, 0.25) is 5.02 Å². The van der Waals surface area contributed by atoms with Crippen molar-refractivity contribution in [3.05, 3.63) is 28.8 Å². The van der Waals surface area contributed by atoms with E-state index in [0.717, 1.165) is 17.9 Å². The average Bonchev–Trinajstić information content (AvgIpc) is 2.75. The zero-order valence-electron chi connectivity index (χ0n) is 9.37. The van der Waals surface area contributed by atoms with Crippen molar-refractivity contribution in [1.29, 1.82) is 0 Å². The summed E-state index contributed by atoms with van der Waals surface area (Å²) in [5, 5.41) is 0.715. The highest BCUT2D eigenvalue weighted by molar-refractivity contribution is 6.30. The molecule has 0 saturated heterocycles. The van der Waals surface area contributed by atoms with E-state index in [0.29, 0.717) is 17.5 Å². The highest BCUT2D eigenvalue weighted by Crippen LogP contribution is 2.23. The first kappa shape index (κ1) is 11.3. The van der Waals surface area contributed by atoms with E-state index in [9.17, 15) is 0 Å². The SMILES string of the molecule is Cc1cc(Cl)ccc1OC(C)C1=NCCO1. The molecule has 0 radical (unpaired) electrons. The molecule has 1 aliphatic heterocycles. The summed E-state index contributed by atoms with van der Waals surface area (Å²) in [6.07, 6.45) is -0.151. The van der Waals surface area contributed by atoms with Gasteiger partial charge in [0.05, 0.1) is 6.54 Å². The van der Waals surface area contributed by atoms with Gasteiger partial charge in [-0.25, -0.2) is 4.99 Å². The maximum atomic E-state index is 5.88. The number of rotatable bonds is 3. The van der Waals surface area contributed by atoms with Crippen molar-refractivity contribution in [3.8, 4) is 5.75 Å². The van der Waals surface area contributed by atoms with Crippen LogP contribution in [0.5, 0.6) is 5.75 Å². The first-order chi connectivity index (χ1) is 7.66. The number of aliphatic imine (C=N–C) groups is 1. The molecule has 0 spiro atoms. The van der Waals surface area contributed by atoms with Crippen molar-refractivity contribution in [2.75, 3.05) is 13.2 Å². The lowest BCUT2D eigenvalue weighted by Crippen LogP contribution is -2.24. The van der Waals surface area contributed by atoms with E-state index in [4.69, 9.17) is 21.1 Å². The maximum Gasteiger partial charge on any atom is 0.225 e. The minimum atomic E-state index is -0.151. The molecule has 1 unspecified atom stereocenters. The number of nitrogens with zero attached hydrogens (tertiary/aromatic N) is 1. The van der Waals surface area contributed by atoms with Crippen LogP contribution in [0.3, 0.4) is 0 Å². The summed E-state index contributed by atoms with van der Waals surface area (Å²) in [4.78, 5) is 4.22. The van der Waals surface area contributed by atoms with Crippen LogP contribution >= 0.6 is 11.6 Å². The molecule has 1 heterocycles. The van der Waals surface area contributed by atoms with Gasteiger partial charge in [0.15, 0.2) is 6.10 Å². The van der Waals surface area contributed by atoms with Crippen LogP contribution in [0.15, 0.2) is 23.2 Å². The zero-order valence-corrected chi connectivity index (χ0v) is 10.1. The van der Waals surface area contributed by atoms with Crippen molar-refractivity contribution in [2.45, 2.75) is 20.0 Å². The molecule has 4 heteroatoms. The number of benzene rings is 1. The van der Waals surface area contributed by atoms with E-state index < -0.39 is 0 Å². The van der Waals surface area contributed by atoms with Gasteiger partial charge in [-0.2, -0.15) is 0 Å². The summed E-state index contributed by atoms with van der Waals surface area (Å²) in [6.45, 7) is 5.27. The number of halogens is 1. The second kappa shape index (κ2) is 4.74. The molecule has 0 N–H and O–H groups in total. The van der Waals surface area contributed by atoms with Gasteiger partial charge in [0.1, 0.15) is 12.4 Å². The third kappa shape index (κ3) is 2.47. The summed E-state index contributed by atoms with van der Waals surface area (Å²) in [5.74, 6) is 1.49. The minimum Gasteiger partial charge on any atom is -0.481 e. The van der Waals surface area contributed by atoms with Crippen LogP contribution in [0.1, 0.15) is 12.5 Å². The number of aryl methyl sites for hydroxylation is 1. The Bertz CT molecular complexity index is 417. The highest BCUT2D eigenvalue weighted by atomic mass is 35.5. The summed E-state index contributed by atoms with van der Waals surface area (Å²) < 4.78 is 11.1. The molecule has 1 aliphatic rings. The molecule has 86 valence electrons. The Hall–Kier alpha value is -1.22. The van der Waals surface area contributed by atoms with Gasteiger partial charge in [-0.1, -0.05) is 11.6 Å². The van der Waals surface area contributed by atoms with Crippen molar-refractivity contribution in [3.63, 3.8) is 0 Å². The second-order valence-corrected chi connectivity index (χ2v) is 4.17. The highest BCUT2D eigenvalue weighted by Gasteiger charge is 2.18. The molecule has 0 aromatic heterocycles. The van der Waals surface area contributed by atoms with Gasteiger partial charge in [-0.05, 0) is 37.6 Å². The molecule has 0 aliphatic carbocycles. The lowest BCUT2D eigenvalue weighted by Gasteiger charge is -2.15. The Balaban J connectivity index is 2.08. The van der Waals surface area contributed by atoms with Gasteiger partial charge in [0.25, 0.3) is 0 Å². The Morgan fingerprint density at radius 1 is 1.50 bits per heavy atom. The van der Waals surface area contributed by atoms with Crippen molar-refractivity contribution in [2.24, 2.45) is 4.99 Å². The number of ether oxygens (including phenoxy) is 2. The normalized spacial score (nSPS) is 16.6. The zero-order chi connectivity index (χ0) is 11.5. The molecule has 0 saturated carbocycles. The van der Waals surface area contributed by atoms with Gasteiger partial charge in [0, 0.05) is 5.02 Å². The smallest absolute Gasteiger partial charge is 0.225 e. The Morgan fingerprint density at radius 2 is 2.31 bits per heavy atom. The lowest BCUT2D eigenvalue weighted by atomic mass is 10.2. The first-order valence-corrected chi connectivity index (χ1v) is 5.64. The molecular weight excluding hydrogens is 226 g/mol. The van der Waals surface area contributed by atoms with Crippen LogP contribution in [0.25, 0.3) is 0 Å². The van der Waals surface area contributed by atoms with Gasteiger partial charge in [0.2, 0.25) is 5.90 Å². The van der Waals surface area contributed by atoms with E-state index in [2.05, 4.69) is 4.99 Å². The summed E-state index contributed by atoms with van der Waals surface area (Å²) >= 11 is 5.88. The Labute approximate surface area is 100 Å². The summed E-state index contributed by atoms with van der Waals surface area (Å²) in [7, 11) is 0. The predicted molar refractivity (Wildman–Crippen MR) is 64.5 cm³/mol. The van der Waals surface area contributed by atoms with E-state index in [-0.39, 0.29) is 6.10 Å². The van der Waals surface area contributed by atoms with Gasteiger partial charge < -0.3 is 9.47 Å². The Kier molecular flexibility index (Phi) is 3.34. The van der Waals surface area contributed by atoms with Crippen LogP contribution in [-0.2, 0) is 4.74 Å². The summed E-state index contributed by atoms with van der Waals surface area (Å²) in [5.41, 5.74) is 1.01. The average molecular weight is 240 g/mol. The molecular formula is C12H14ClNO2. The van der Waals surface area contributed by atoms with Crippen LogP contribution < -0.4 is 4.74 Å². The molecule has 1 aromatic rings. The topological polar surface area (TPSA) is 30.8 Å². The molecule has 0 bridgehead atoms. The van der Waals surface area contributed by atoms with Crippen LogP contribution in [-0.4, -0.2) is 25.2 Å². The fourth-order valence-electron chi connectivity index (χ4n) is 1.58. The monoisotopic (exact) mass is 239 g/mol. The quantitative estimate of drug-likeness (QED) is 0.812. The maximum absolute atomic E-state index is 5.88. The van der Waals surface area contributed by atoms with Crippen LogP contribution in [0.4, 0.5) is 0 Å². The third-order valence-corrected chi connectivity index (χ3v) is 2.63. The van der Waals surface area contributed by atoms with E-state index in [1.165, 1.54) is 0 Å². The van der Waals surface area contributed by atoms with Gasteiger partial charge in [-0.15, -0.1) is 0 Å². The fourth-order valence-corrected chi connectivity index (χ4v) is 1.81. The van der Waals surface area contributed by atoms with E-state index in [1.807, 2.05) is 32.0 Å². The van der Waals surface area contributed by atoms with E-state index in [1.54, 1.807) is 0 Å². The molecule has 2 rings (SSSR count). The minimum absolute atomic E-state index is 0.151. The molecule has 1 aromatic carbocycles. The van der Waals surface area contributed by atoms with Gasteiger partial charge in [-0.3, -0.25) is 0 Å². The number of hydrogen-bond donors (Lipinski definition) is 0. The number of hydrogen-bond acceptors (Lipinski definition) is 3. The van der Waals surface area contributed by atoms with Crippen molar-refractivity contribution < 1.29 is 9.47 Å². The van der Waals surface area contributed by atoms with Crippen LogP contribution in [0, 0.1) is 6.92 Å². The fraction of sp³-hybridized carbons (Fsp3) is 0.417. The second-order valence-electron chi connectivity index (χ2n) is 3.74. The lowest BCUT2D eigenvalue weighted by molar-refractivity contribution is 0.233. The predicted octanol–water partition coefficient (Wildman–Crippen LogP) is 2.84. The Morgan fingerprint density at radius 3 is 2.94 bits per heavy atom. The molecule has 0 fully saturated rings. The van der Waals surface area contributed by atoms with E-state index >= 15 is 0 Å². The third-order valence-electron chi connectivity index (χ3n) is 2.40. The largest absolute Gasteiger partial charge is 0.481 e. The molecule has 3 nitrogen and oxygen atoms in total. The molecule has 16 heavy (non-hydrogen) atoms. The van der Waals surface area contributed by atoms with Gasteiger partial charge >= 0.3 is 0 Å². The summed E-state index contributed by atoms with van der Waals surface area (Å²) in [6, 6.07) is 5.55. The molecule has 0 amide bonds. The van der Waals surface area contributed by atoms with Crippen molar-refractivity contribution in [1.82, 2.24) is 0 Å².